The highest BCUT2D eigenvalue weighted by atomic mass is 19.1. The summed E-state index contributed by atoms with van der Waals surface area (Å²) < 4.78 is 13.5. The van der Waals surface area contributed by atoms with Crippen LogP contribution < -0.4 is 11.1 Å². The highest BCUT2D eigenvalue weighted by molar-refractivity contribution is 5.97. The normalized spacial score (nSPS) is 23.8. The number of halogens is 1. The Kier molecular flexibility index (Phi) is 4.95. The van der Waals surface area contributed by atoms with E-state index in [2.05, 4.69) is 17.4 Å². The zero-order valence-corrected chi connectivity index (χ0v) is 11.8. The first kappa shape index (κ1) is 14.8. The van der Waals surface area contributed by atoms with Gasteiger partial charge in [0.2, 0.25) is 0 Å². The SMILES string of the molecule is CC1CCC(NCc2cc(F)cc(/C(N)=N/O)c2)CC1. The van der Waals surface area contributed by atoms with Crippen LogP contribution in [0, 0.1) is 11.7 Å². The summed E-state index contributed by atoms with van der Waals surface area (Å²) in [6.07, 6.45) is 4.83. The minimum absolute atomic E-state index is 0.0720. The molecule has 110 valence electrons. The molecular formula is C15H22FN3O. The zero-order valence-electron chi connectivity index (χ0n) is 11.8. The number of hydrogen-bond acceptors (Lipinski definition) is 3. The van der Waals surface area contributed by atoms with E-state index in [0.29, 0.717) is 18.2 Å². The van der Waals surface area contributed by atoms with Crippen LogP contribution in [0.1, 0.15) is 43.7 Å². The number of nitrogens with one attached hydrogen (secondary N) is 1. The van der Waals surface area contributed by atoms with Crippen LogP contribution in [-0.2, 0) is 6.54 Å². The van der Waals surface area contributed by atoms with Gasteiger partial charge in [-0.05, 0) is 55.4 Å². The summed E-state index contributed by atoms with van der Waals surface area (Å²) in [6, 6.07) is 4.99. The maximum Gasteiger partial charge on any atom is 0.170 e. The summed E-state index contributed by atoms with van der Waals surface area (Å²) in [6.45, 7) is 2.88. The van der Waals surface area contributed by atoms with Crippen molar-refractivity contribution in [1.29, 1.82) is 0 Å². The molecule has 0 radical (unpaired) electrons. The topological polar surface area (TPSA) is 70.6 Å². The van der Waals surface area contributed by atoms with Gasteiger partial charge in [-0.15, -0.1) is 0 Å². The zero-order chi connectivity index (χ0) is 14.5. The number of benzene rings is 1. The van der Waals surface area contributed by atoms with Gasteiger partial charge in [-0.2, -0.15) is 0 Å². The quantitative estimate of drug-likeness (QED) is 0.343. The predicted octanol–water partition coefficient (Wildman–Crippen LogP) is 2.59. The summed E-state index contributed by atoms with van der Waals surface area (Å²) in [5, 5.41) is 15.0. The van der Waals surface area contributed by atoms with E-state index in [9.17, 15) is 4.39 Å². The first-order valence-corrected chi connectivity index (χ1v) is 7.09. The van der Waals surface area contributed by atoms with E-state index >= 15 is 0 Å². The number of hydrogen-bond donors (Lipinski definition) is 3. The van der Waals surface area contributed by atoms with E-state index in [0.717, 1.165) is 11.5 Å². The van der Waals surface area contributed by atoms with Gasteiger partial charge in [0, 0.05) is 18.2 Å². The van der Waals surface area contributed by atoms with E-state index in [1.807, 2.05) is 0 Å². The molecule has 0 bridgehead atoms. The average molecular weight is 279 g/mol. The molecule has 1 saturated carbocycles. The van der Waals surface area contributed by atoms with E-state index in [1.165, 1.54) is 37.8 Å². The minimum atomic E-state index is -0.372. The summed E-state index contributed by atoms with van der Waals surface area (Å²) in [5.41, 5.74) is 6.71. The fourth-order valence-corrected chi connectivity index (χ4v) is 2.68. The van der Waals surface area contributed by atoms with Gasteiger partial charge in [-0.25, -0.2) is 4.39 Å². The smallest absolute Gasteiger partial charge is 0.170 e. The lowest BCUT2D eigenvalue weighted by Gasteiger charge is -2.27. The number of nitrogens with two attached hydrogens (primary N) is 1. The second-order valence-corrected chi connectivity index (χ2v) is 5.67. The lowest BCUT2D eigenvalue weighted by atomic mass is 9.87. The molecule has 0 aromatic heterocycles. The van der Waals surface area contributed by atoms with Gasteiger partial charge in [-0.1, -0.05) is 12.1 Å². The monoisotopic (exact) mass is 279 g/mol. The van der Waals surface area contributed by atoms with Gasteiger partial charge < -0.3 is 16.3 Å². The van der Waals surface area contributed by atoms with Crippen LogP contribution >= 0.6 is 0 Å². The molecule has 5 heteroatoms. The van der Waals surface area contributed by atoms with Crippen molar-refractivity contribution in [2.24, 2.45) is 16.8 Å². The van der Waals surface area contributed by atoms with E-state index in [4.69, 9.17) is 10.9 Å². The molecule has 0 saturated heterocycles. The average Bonchev–Trinajstić information content (AvgIpc) is 2.45. The molecule has 0 unspecified atom stereocenters. The van der Waals surface area contributed by atoms with Crippen molar-refractivity contribution in [3.05, 3.63) is 35.1 Å². The molecule has 0 amide bonds. The first-order valence-electron chi connectivity index (χ1n) is 7.09. The third kappa shape index (κ3) is 3.93. The molecule has 1 aliphatic carbocycles. The highest BCUT2D eigenvalue weighted by Gasteiger charge is 2.17. The fourth-order valence-electron chi connectivity index (χ4n) is 2.68. The Morgan fingerprint density at radius 3 is 2.70 bits per heavy atom. The van der Waals surface area contributed by atoms with Crippen molar-refractivity contribution >= 4 is 5.84 Å². The molecule has 4 nitrogen and oxygen atoms in total. The van der Waals surface area contributed by atoms with Crippen LogP contribution in [0.5, 0.6) is 0 Å². The van der Waals surface area contributed by atoms with Crippen LogP contribution in [0.25, 0.3) is 0 Å². The Morgan fingerprint density at radius 2 is 2.05 bits per heavy atom. The number of amidine groups is 1. The molecule has 0 spiro atoms. The van der Waals surface area contributed by atoms with E-state index in [1.54, 1.807) is 6.07 Å². The van der Waals surface area contributed by atoms with E-state index in [-0.39, 0.29) is 11.7 Å². The summed E-state index contributed by atoms with van der Waals surface area (Å²) in [7, 11) is 0. The van der Waals surface area contributed by atoms with E-state index < -0.39 is 0 Å². The maximum absolute atomic E-state index is 13.5. The van der Waals surface area contributed by atoms with Crippen molar-refractivity contribution in [2.75, 3.05) is 0 Å². The molecular weight excluding hydrogens is 257 g/mol. The van der Waals surface area contributed by atoms with Gasteiger partial charge in [-0.3, -0.25) is 0 Å². The number of nitrogens with zero attached hydrogens (tertiary/aromatic N) is 1. The Balaban J connectivity index is 1.97. The van der Waals surface area contributed by atoms with Crippen molar-refractivity contribution in [1.82, 2.24) is 5.32 Å². The molecule has 4 N–H and O–H groups in total. The standard InChI is InChI=1S/C15H22FN3O/c1-10-2-4-14(5-3-10)18-9-11-6-12(15(17)19-20)8-13(16)7-11/h6-8,10,14,18,20H,2-5,9H2,1H3,(H2,17,19). The lowest BCUT2D eigenvalue weighted by molar-refractivity contribution is 0.306. The van der Waals surface area contributed by atoms with Gasteiger partial charge in [0.05, 0.1) is 0 Å². The van der Waals surface area contributed by atoms with Crippen molar-refractivity contribution in [3.8, 4) is 0 Å². The molecule has 1 aromatic rings. The Morgan fingerprint density at radius 1 is 1.35 bits per heavy atom. The summed E-state index contributed by atoms with van der Waals surface area (Å²) >= 11 is 0. The fraction of sp³-hybridized carbons (Fsp3) is 0.533. The molecule has 1 aliphatic rings. The largest absolute Gasteiger partial charge is 0.409 e. The highest BCUT2D eigenvalue weighted by Crippen LogP contribution is 2.23. The molecule has 1 fully saturated rings. The van der Waals surface area contributed by atoms with Crippen LogP contribution in [0.2, 0.25) is 0 Å². The second-order valence-electron chi connectivity index (χ2n) is 5.67. The Bertz CT molecular complexity index is 482. The van der Waals surface area contributed by atoms with Crippen LogP contribution in [0.15, 0.2) is 23.4 Å². The Hall–Kier alpha value is -1.62. The van der Waals surface area contributed by atoms with Gasteiger partial charge in [0.1, 0.15) is 5.82 Å². The molecule has 0 heterocycles. The van der Waals surface area contributed by atoms with Gasteiger partial charge in [0.15, 0.2) is 5.84 Å². The van der Waals surface area contributed by atoms with Gasteiger partial charge >= 0.3 is 0 Å². The van der Waals surface area contributed by atoms with Crippen LogP contribution in [-0.4, -0.2) is 17.1 Å². The molecule has 1 aromatic carbocycles. The maximum atomic E-state index is 13.5. The second kappa shape index (κ2) is 6.70. The Labute approximate surface area is 118 Å². The predicted molar refractivity (Wildman–Crippen MR) is 77.2 cm³/mol. The molecule has 2 rings (SSSR count). The third-order valence-electron chi connectivity index (χ3n) is 3.97. The van der Waals surface area contributed by atoms with Crippen molar-refractivity contribution < 1.29 is 9.60 Å². The van der Waals surface area contributed by atoms with Crippen molar-refractivity contribution in [3.63, 3.8) is 0 Å². The molecule has 0 aliphatic heterocycles. The van der Waals surface area contributed by atoms with Crippen molar-refractivity contribution in [2.45, 2.75) is 45.2 Å². The summed E-state index contributed by atoms with van der Waals surface area (Å²) in [4.78, 5) is 0. The van der Waals surface area contributed by atoms with Crippen LogP contribution in [0.3, 0.4) is 0 Å². The number of rotatable bonds is 4. The third-order valence-corrected chi connectivity index (χ3v) is 3.97. The molecule has 20 heavy (non-hydrogen) atoms. The number of oxime groups is 1. The minimum Gasteiger partial charge on any atom is -0.409 e. The van der Waals surface area contributed by atoms with Crippen LogP contribution in [0.4, 0.5) is 4.39 Å². The lowest BCUT2D eigenvalue weighted by Crippen LogP contribution is -2.32. The first-order chi connectivity index (χ1) is 9.58. The molecule has 0 atom stereocenters. The summed E-state index contributed by atoms with van der Waals surface area (Å²) in [5.74, 6) is 0.370. The van der Waals surface area contributed by atoms with Gasteiger partial charge in [0.25, 0.3) is 0 Å².